The maximum atomic E-state index is 4.50. The second-order valence-corrected chi connectivity index (χ2v) is 5.20. The molecule has 0 amide bonds. The van der Waals surface area contributed by atoms with E-state index in [0.717, 1.165) is 0 Å². The molecule has 0 aliphatic carbocycles. The molecule has 0 aliphatic rings. The summed E-state index contributed by atoms with van der Waals surface area (Å²) in [5.74, 6) is 0. The third kappa shape index (κ3) is 1350. The minimum Gasteiger partial charge on any atom is -0.333 e. The topological polar surface area (TPSA) is 26.0 Å². The van der Waals surface area contributed by atoms with E-state index in [9.17, 15) is 0 Å². The molecule has 2 heteroatoms. The van der Waals surface area contributed by atoms with Crippen LogP contribution in [0.4, 0.5) is 0 Å². The van der Waals surface area contributed by atoms with Crippen LogP contribution in [-0.4, -0.2) is 15.8 Å². The Morgan fingerprint density at radius 3 is 1.00 bits per heavy atom. The number of rotatable bonds is 0. The van der Waals surface area contributed by atoms with Crippen LogP contribution in [-0.2, 0) is 0 Å². The third-order valence-corrected chi connectivity index (χ3v) is 0. The van der Waals surface area contributed by atoms with Crippen molar-refractivity contribution in [3.63, 3.8) is 0 Å². The van der Waals surface area contributed by atoms with Crippen molar-refractivity contribution >= 4 is 8.80 Å². The molecule has 0 aromatic carbocycles. The van der Waals surface area contributed by atoms with Crippen molar-refractivity contribution in [2.75, 3.05) is 7.05 Å². The summed E-state index contributed by atoms with van der Waals surface area (Å²) in [5, 5.41) is 0. The highest BCUT2D eigenvalue weighted by atomic mass is 28.3. The van der Waals surface area contributed by atoms with E-state index >= 15 is 0 Å². The first-order chi connectivity index (χ1) is 2.73. The van der Waals surface area contributed by atoms with Crippen LogP contribution in [0.3, 0.4) is 0 Å². The molecule has 0 aliphatic heterocycles. The van der Waals surface area contributed by atoms with Gasteiger partial charge >= 0.3 is 0 Å². The van der Waals surface area contributed by atoms with Crippen LogP contribution in [0.1, 0.15) is 0 Å². The Morgan fingerprint density at radius 1 is 1.00 bits per heavy atom. The molecule has 0 radical (unpaired) electrons. The van der Waals surface area contributed by atoms with Gasteiger partial charge < -0.3 is 5.73 Å². The van der Waals surface area contributed by atoms with E-state index in [1.807, 2.05) is 0 Å². The Labute approximate surface area is 42.2 Å². The largest absolute Gasteiger partial charge is 0.333 e. The first-order valence-electron chi connectivity index (χ1n) is 2.31. The molecule has 0 aromatic rings. The van der Waals surface area contributed by atoms with Crippen molar-refractivity contribution in [3.05, 3.63) is 0 Å². The minimum absolute atomic E-state index is 0.139. The Bertz CT molecular complexity index is 12.3. The van der Waals surface area contributed by atoms with Crippen LogP contribution in [0.5, 0.6) is 0 Å². The molecule has 1 nitrogen and oxygen atoms in total. The minimum atomic E-state index is -0.139. The van der Waals surface area contributed by atoms with Gasteiger partial charge in [-0.2, -0.15) is 0 Å². The lowest BCUT2D eigenvalue weighted by Gasteiger charge is -1.75. The normalized spacial score (nSPS) is 7.00. The monoisotopic (exact) mass is 105 g/mol. The summed E-state index contributed by atoms with van der Waals surface area (Å²) >= 11 is 0. The van der Waals surface area contributed by atoms with Gasteiger partial charge in [-0.1, -0.05) is 19.6 Å². The van der Waals surface area contributed by atoms with Gasteiger partial charge in [0.2, 0.25) is 0 Å². The summed E-state index contributed by atoms with van der Waals surface area (Å²) in [4.78, 5) is 0. The molecule has 0 bridgehead atoms. The number of hydrogen-bond donors (Lipinski definition) is 1. The quantitative estimate of drug-likeness (QED) is 0.450. The number of nitrogens with two attached hydrogens (primary N) is 1. The molecule has 6 heavy (non-hydrogen) atoms. The molecule has 0 rings (SSSR count). The van der Waals surface area contributed by atoms with Gasteiger partial charge in [-0.3, -0.25) is 0 Å². The number of hydrogen-bond acceptors (Lipinski definition) is 1. The van der Waals surface area contributed by atoms with Crippen LogP contribution >= 0.6 is 0 Å². The zero-order valence-corrected chi connectivity index (χ0v) is 6.31. The molecule has 0 saturated carbocycles. The lowest BCUT2D eigenvalue weighted by molar-refractivity contribution is 1.48. The van der Waals surface area contributed by atoms with Crippen molar-refractivity contribution < 1.29 is 0 Å². The maximum absolute atomic E-state index is 4.50. The highest BCUT2D eigenvalue weighted by molar-refractivity contribution is 6.54. The van der Waals surface area contributed by atoms with E-state index in [1.54, 1.807) is 0 Å². The van der Waals surface area contributed by atoms with Crippen LogP contribution in [0.15, 0.2) is 0 Å². The maximum Gasteiger partial charge on any atom is 0.0274 e. The summed E-state index contributed by atoms with van der Waals surface area (Å²) in [6, 6.07) is 0. The predicted octanol–water partition coefficient (Wildman–Crippen LogP) is 0.678. The van der Waals surface area contributed by atoms with Crippen molar-refractivity contribution in [2.45, 2.75) is 19.6 Å². The second kappa shape index (κ2) is 8.95. The van der Waals surface area contributed by atoms with Gasteiger partial charge in [0, 0.05) is 8.80 Å². The standard InChI is InChI=1S/C3H10Si.CH5N/c1-4(2)3;1-2/h4H,1-3H3;2H2,1H3. The molecule has 0 saturated heterocycles. The molecule has 0 heterocycles. The van der Waals surface area contributed by atoms with Gasteiger partial charge in [0.05, 0.1) is 0 Å². The van der Waals surface area contributed by atoms with Gasteiger partial charge in [-0.15, -0.1) is 0 Å². The molecular formula is C4H15NSi. The fraction of sp³-hybridized carbons (Fsp3) is 1.00. The van der Waals surface area contributed by atoms with Gasteiger partial charge in [-0.05, 0) is 7.05 Å². The van der Waals surface area contributed by atoms with Gasteiger partial charge in [0.15, 0.2) is 0 Å². The van der Waals surface area contributed by atoms with E-state index in [4.69, 9.17) is 0 Å². The molecule has 0 spiro atoms. The molecule has 2 N–H and O–H groups in total. The van der Waals surface area contributed by atoms with E-state index < -0.39 is 0 Å². The summed E-state index contributed by atoms with van der Waals surface area (Å²) in [7, 11) is 1.36. The lowest BCUT2D eigenvalue weighted by Crippen LogP contribution is -1.84. The van der Waals surface area contributed by atoms with Gasteiger partial charge in [0.1, 0.15) is 0 Å². The summed E-state index contributed by atoms with van der Waals surface area (Å²) in [6.45, 7) is 6.92. The van der Waals surface area contributed by atoms with Crippen molar-refractivity contribution in [1.82, 2.24) is 0 Å². The Balaban J connectivity index is 0. The molecule has 0 unspecified atom stereocenters. The van der Waals surface area contributed by atoms with E-state index in [1.165, 1.54) is 7.05 Å². The molecular weight excluding hydrogens is 90.1 g/mol. The van der Waals surface area contributed by atoms with Crippen LogP contribution < -0.4 is 5.73 Å². The average molecular weight is 105 g/mol. The van der Waals surface area contributed by atoms with Crippen LogP contribution in [0.2, 0.25) is 19.6 Å². The highest BCUT2D eigenvalue weighted by Crippen LogP contribution is 1.68. The SMILES string of the molecule is CN.C[SiH](C)C. The highest BCUT2D eigenvalue weighted by Gasteiger charge is 1.71. The summed E-state index contributed by atoms with van der Waals surface area (Å²) in [5.41, 5.74) is 4.50. The zero-order chi connectivity index (χ0) is 5.58. The molecule has 0 aromatic heterocycles. The summed E-state index contributed by atoms with van der Waals surface area (Å²) in [6.07, 6.45) is 0. The first kappa shape index (κ1) is 9.49. The predicted molar refractivity (Wildman–Crippen MR) is 34.9 cm³/mol. The van der Waals surface area contributed by atoms with Gasteiger partial charge in [-0.25, -0.2) is 0 Å². The zero-order valence-electron chi connectivity index (χ0n) is 5.15. The fourth-order valence-electron chi connectivity index (χ4n) is 0. The fourth-order valence-corrected chi connectivity index (χ4v) is 0. The molecule has 0 fully saturated rings. The third-order valence-electron chi connectivity index (χ3n) is 0. The lowest BCUT2D eigenvalue weighted by atomic mass is 11.6. The van der Waals surface area contributed by atoms with Gasteiger partial charge in [0.25, 0.3) is 0 Å². The summed E-state index contributed by atoms with van der Waals surface area (Å²) < 4.78 is 0. The Hall–Kier alpha value is 0.177. The average Bonchev–Trinajstić information content (AvgIpc) is 1.41. The smallest absolute Gasteiger partial charge is 0.0274 e. The van der Waals surface area contributed by atoms with E-state index in [2.05, 4.69) is 25.4 Å². The van der Waals surface area contributed by atoms with Crippen LogP contribution in [0.25, 0.3) is 0 Å². The molecule has 40 valence electrons. The van der Waals surface area contributed by atoms with E-state index in [-0.39, 0.29) is 8.80 Å². The Kier molecular flexibility index (Phi) is 14.2. The van der Waals surface area contributed by atoms with E-state index in [0.29, 0.717) is 0 Å². The second-order valence-electron chi connectivity index (χ2n) is 1.73. The van der Waals surface area contributed by atoms with Crippen LogP contribution in [0, 0.1) is 0 Å². The first-order valence-corrected chi connectivity index (χ1v) is 5.77. The van der Waals surface area contributed by atoms with Crippen molar-refractivity contribution in [2.24, 2.45) is 5.73 Å². The van der Waals surface area contributed by atoms with Crippen molar-refractivity contribution in [3.8, 4) is 0 Å². The van der Waals surface area contributed by atoms with Crippen molar-refractivity contribution in [1.29, 1.82) is 0 Å². The molecule has 0 atom stereocenters. The Morgan fingerprint density at radius 2 is 1.00 bits per heavy atom.